The monoisotopic (exact) mass is 425 g/mol. The molecule has 1 amide bonds. The van der Waals surface area contributed by atoms with E-state index in [0.717, 1.165) is 43.2 Å². The smallest absolute Gasteiger partial charge is 0.224 e. The Kier molecular flexibility index (Phi) is 6.66. The second kappa shape index (κ2) is 9.77. The van der Waals surface area contributed by atoms with Gasteiger partial charge in [0.05, 0.1) is 0 Å². The van der Waals surface area contributed by atoms with Gasteiger partial charge in [-0.3, -0.25) is 9.69 Å². The van der Waals surface area contributed by atoms with Crippen molar-refractivity contribution in [3.05, 3.63) is 65.6 Å². The van der Waals surface area contributed by atoms with E-state index in [9.17, 15) is 9.18 Å². The Morgan fingerprint density at radius 2 is 1.87 bits per heavy atom. The molecule has 156 valence electrons. The maximum Gasteiger partial charge on any atom is 0.224 e. The largest absolute Gasteiger partial charge is 0.354 e. The van der Waals surface area contributed by atoms with E-state index < -0.39 is 0 Å². The van der Waals surface area contributed by atoms with Gasteiger partial charge in [-0.2, -0.15) is 0 Å². The summed E-state index contributed by atoms with van der Waals surface area (Å²) >= 11 is 1.70. The predicted molar refractivity (Wildman–Crippen MR) is 117 cm³/mol. The van der Waals surface area contributed by atoms with Crippen molar-refractivity contribution in [2.45, 2.75) is 13.0 Å². The summed E-state index contributed by atoms with van der Waals surface area (Å²) in [6.45, 7) is 4.57. The second-order valence-corrected chi connectivity index (χ2v) is 8.35. The molecule has 1 fully saturated rings. The second-order valence-electron chi connectivity index (χ2n) is 7.18. The number of nitrogens with one attached hydrogen (secondary N) is 1. The highest BCUT2D eigenvalue weighted by Crippen LogP contribution is 2.29. The number of piperazine rings is 1. The molecule has 1 aliphatic heterocycles. The minimum Gasteiger partial charge on any atom is -0.354 e. The highest BCUT2D eigenvalue weighted by atomic mass is 32.1. The Balaban J connectivity index is 1.21. The number of carbonyl (C=O) groups excluding carboxylic acids is 1. The first-order chi connectivity index (χ1) is 14.7. The summed E-state index contributed by atoms with van der Waals surface area (Å²) in [6, 6.07) is 12.6. The molecule has 2 aromatic heterocycles. The number of hydrogen-bond acceptors (Lipinski definition) is 6. The van der Waals surface area contributed by atoms with Gasteiger partial charge in [0.15, 0.2) is 0 Å². The molecule has 1 aromatic carbocycles. The number of anilines is 1. The van der Waals surface area contributed by atoms with Crippen molar-refractivity contribution in [2.75, 3.05) is 38.0 Å². The topological polar surface area (TPSA) is 61.4 Å². The number of rotatable bonds is 7. The van der Waals surface area contributed by atoms with E-state index in [2.05, 4.69) is 32.3 Å². The number of benzene rings is 1. The SMILES string of the molecule is O=C(CCNc1ncccn1)N1CCN(Cc2ccc(-c3cccc(F)c3)s2)CC1. The molecule has 30 heavy (non-hydrogen) atoms. The van der Waals surface area contributed by atoms with E-state index in [4.69, 9.17) is 0 Å². The van der Waals surface area contributed by atoms with Crippen LogP contribution in [0.5, 0.6) is 0 Å². The summed E-state index contributed by atoms with van der Waals surface area (Å²) < 4.78 is 13.5. The standard InChI is InChI=1S/C22H24FN5OS/c23-18-4-1-3-17(15-18)20-6-5-19(30-20)16-27-11-13-28(14-12-27)21(29)7-10-26-22-24-8-2-9-25-22/h1-6,8-9,15H,7,10-14,16H2,(H,24,25,26). The predicted octanol–water partition coefficient (Wildman–Crippen LogP) is 3.49. The molecule has 1 saturated heterocycles. The van der Waals surface area contributed by atoms with Crippen LogP contribution in [-0.4, -0.2) is 58.4 Å². The Bertz CT molecular complexity index is 972. The molecular formula is C22H24FN5OS. The number of thiophene rings is 1. The molecule has 6 nitrogen and oxygen atoms in total. The average Bonchev–Trinajstić information content (AvgIpc) is 3.23. The fourth-order valence-electron chi connectivity index (χ4n) is 3.47. The maximum atomic E-state index is 13.5. The summed E-state index contributed by atoms with van der Waals surface area (Å²) in [5.74, 6) is 0.487. The van der Waals surface area contributed by atoms with E-state index in [1.54, 1.807) is 41.9 Å². The van der Waals surface area contributed by atoms with Gasteiger partial charge in [-0.1, -0.05) is 12.1 Å². The van der Waals surface area contributed by atoms with Crippen molar-refractivity contribution < 1.29 is 9.18 Å². The lowest BCUT2D eigenvalue weighted by Gasteiger charge is -2.34. The zero-order valence-electron chi connectivity index (χ0n) is 16.6. The third-order valence-electron chi connectivity index (χ3n) is 5.06. The lowest BCUT2D eigenvalue weighted by atomic mass is 10.2. The summed E-state index contributed by atoms with van der Waals surface area (Å²) in [6.07, 6.45) is 3.77. The van der Waals surface area contributed by atoms with Crippen molar-refractivity contribution in [1.29, 1.82) is 0 Å². The number of nitrogens with zero attached hydrogens (tertiary/aromatic N) is 4. The Labute approximate surface area is 179 Å². The third-order valence-corrected chi connectivity index (χ3v) is 6.18. The fraction of sp³-hybridized carbons (Fsp3) is 0.318. The molecule has 1 N–H and O–H groups in total. The molecule has 0 unspecified atom stereocenters. The highest BCUT2D eigenvalue weighted by Gasteiger charge is 2.21. The van der Waals surface area contributed by atoms with Crippen molar-refractivity contribution in [3.63, 3.8) is 0 Å². The van der Waals surface area contributed by atoms with Crippen molar-refractivity contribution in [3.8, 4) is 10.4 Å². The molecule has 0 aliphatic carbocycles. The van der Waals surface area contributed by atoms with E-state index in [1.165, 1.54) is 10.9 Å². The molecule has 0 spiro atoms. The zero-order chi connectivity index (χ0) is 20.8. The first kappa shape index (κ1) is 20.4. The minimum atomic E-state index is -0.213. The molecule has 0 bridgehead atoms. The number of halogens is 1. The van der Waals surface area contributed by atoms with Crippen LogP contribution in [0.3, 0.4) is 0 Å². The van der Waals surface area contributed by atoms with Gasteiger partial charge in [0.2, 0.25) is 11.9 Å². The van der Waals surface area contributed by atoms with Crippen LogP contribution >= 0.6 is 11.3 Å². The summed E-state index contributed by atoms with van der Waals surface area (Å²) in [7, 11) is 0. The van der Waals surface area contributed by atoms with Gasteiger partial charge in [0.25, 0.3) is 0 Å². The van der Waals surface area contributed by atoms with Crippen molar-refractivity contribution >= 4 is 23.2 Å². The molecule has 1 aliphatic rings. The molecule has 3 aromatic rings. The van der Waals surface area contributed by atoms with Crippen LogP contribution in [0.2, 0.25) is 0 Å². The first-order valence-corrected chi connectivity index (χ1v) is 10.8. The van der Waals surface area contributed by atoms with Crippen molar-refractivity contribution in [1.82, 2.24) is 19.8 Å². The van der Waals surface area contributed by atoms with Crippen LogP contribution in [0, 0.1) is 5.82 Å². The summed E-state index contributed by atoms with van der Waals surface area (Å²) in [5.41, 5.74) is 0.913. The molecule has 3 heterocycles. The van der Waals surface area contributed by atoms with Gasteiger partial charge in [-0.05, 0) is 35.9 Å². The van der Waals surface area contributed by atoms with E-state index in [-0.39, 0.29) is 11.7 Å². The van der Waals surface area contributed by atoms with Crippen LogP contribution < -0.4 is 5.32 Å². The quantitative estimate of drug-likeness (QED) is 0.628. The molecule has 8 heteroatoms. The number of carbonyl (C=O) groups is 1. The zero-order valence-corrected chi connectivity index (χ0v) is 17.4. The molecule has 0 saturated carbocycles. The van der Waals surface area contributed by atoms with E-state index in [0.29, 0.717) is 18.9 Å². The molecule has 0 atom stereocenters. The van der Waals surface area contributed by atoms with E-state index >= 15 is 0 Å². The van der Waals surface area contributed by atoms with Gasteiger partial charge in [-0.25, -0.2) is 14.4 Å². The van der Waals surface area contributed by atoms with Crippen LogP contribution in [0.1, 0.15) is 11.3 Å². The lowest BCUT2D eigenvalue weighted by molar-refractivity contribution is -0.132. The van der Waals surface area contributed by atoms with Gasteiger partial charge in [-0.15, -0.1) is 11.3 Å². The highest BCUT2D eigenvalue weighted by molar-refractivity contribution is 7.15. The molecular weight excluding hydrogens is 401 g/mol. The van der Waals surface area contributed by atoms with Gasteiger partial charge < -0.3 is 10.2 Å². The van der Waals surface area contributed by atoms with Crippen LogP contribution in [0.4, 0.5) is 10.3 Å². The number of hydrogen-bond donors (Lipinski definition) is 1. The molecule has 0 radical (unpaired) electrons. The maximum absolute atomic E-state index is 13.5. The van der Waals surface area contributed by atoms with Gasteiger partial charge in [0.1, 0.15) is 5.82 Å². The van der Waals surface area contributed by atoms with Crippen molar-refractivity contribution in [2.24, 2.45) is 0 Å². The number of aromatic nitrogens is 2. The fourth-order valence-corrected chi connectivity index (χ4v) is 4.51. The third kappa shape index (κ3) is 5.40. The normalized spacial score (nSPS) is 14.6. The van der Waals surface area contributed by atoms with Crippen LogP contribution in [-0.2, 0) is 11.3 Å². The minimum absolute atomic E-state index is 0.155. The van der Waals surface area contributed by atoms with Crippen LogP contribution in [0.15, 0.2) is 54.9 Å². The Morgan fingerprint density at radius 3 is 2.63 bits per heavy atom. The molecule has 4 rings (SSSR count). The number of amides is 1. The summed E-state index contributed by atoms with van der Waals surface area (Å²) in [4.78, 5) is 27.2. The van der Waals surface area contributed by atoms with Crippen LogP contribution in [0.25, 0.3) is 10.4 Å². The lowest BCUT2D eigenvalue weighted by Crippen LogP contribution is -2.48. The Hall–Kier alpha value is -2.84. The Morgan fingerprint density at radius 1 is 1.07 bits per heavy atom. The summed E-state index contributed by atoms with van der Waals surface area (Å²) in [5, 5.41) is 3.07. The van der Waals surface area contributed by atoms with E-state index in [1.807, 2.05) is 11.0 Å². The van der Waals surface area contributed by atoms with Gasteiger partial charge in [0, 0.05) is 67.8 Å². The first-order valence-electron chi connectivity index (χ1n) is 10.0. The van der Waals surface area contributed by atoms with Gasteiger partial charge >= 0.3 is 0 Å². The average molecular weight is 426 g/mol.